The Morgan fingerprint density at radius 2 is 1.77 bits per heavy atom. The second kappa shape index (κ2) is 30.5. The number of carbonyl (C=O) groups excluding carboxylic acids is 7. The summed E-state index contributed by atoms with van der Waals surface area (Å²) >= 11 is 10.1. The average Bonchev–Trinajstić information content (AvgIpc) is 4.27. The van der Waals surface area contributed by atoms with Gasteiger partial charge in [-0.3, -0.25) is 29.8 Å². The molecule has 3 aliphatic rings. The number of methoxy groups -OCH3 is 2. The van der Waals surface area contributed by atoms with Gasteiger partial charge < -0.3 is 70.6 Å². The molecule has 82 heavy (non-hydrogen) atoms. The van der Waals surface area contributed by atoms with Crippen molar-refractivity contribution in [3.8, 4) is 5.75 Å². The molecular weight excluding hydrogens is 1150 g/mol. The van der Waals surface area contributed by atoms with Crippen molar-refractivity contribution in [3.63, 3.8) is 0 Å². The van der Waals surface area contributed by atoms with Crippen LogP contribution >= 0.6 is 27.5 Å². The molecule has 2 unspecified atom stereocenters. The Morgan fingerprint density at radius 1 is 1.05 bits per heavy atom. The van der Waals surface area contributed by atoms with Crippen molar-refractivity contribution in [1.82, 2.24) is 26.6 Å². The number of aliphatic hydroxyl groups is 2. The molecule has 2 saturated heterocycles. The van der Waals surface area contributed by atoms with Crippen LogP contribution < -0.4 is 52.6 Å². The van der Waals surface area contributed by atoms with Gasteiger partial charge in [0.05, 0.1) is 43.5 Å². The third-order valence-corrected chi connectivity index (χ3v) is 15.9. The first kappa shape index (κ1) is 66.8. The first-order valence-electron chi connectivity index (χ1n) is 27.2. The number of allylic oxidation sites excluding steroid dienone is 3. The van der Waals surface area contributed by atoms with Gasteiger partial charge in [0.15, 0.2) is 5.72 Å². The molecule has 5 rings (SSSR count). The highest BCUT2D eigenvalue weighted by molar-refractivity contribution is 9.09. The van der Waals surface area contributed by atoms with E-state index in [0.29, 0.717) is 65.8 Å². The molecule has 0 saturated carbocycles. The number of nitrogens with one attached hydrogen (secondary N) is 7. The number of hydrogen-bond acceptors (Lipinski definition) is 16. The molecule has 4 bridgehead atoms. The minimum absolute atomic E-state index is 0.0509. The summed E-state index contributed by atoms with van der Waals surface area (Å²) in [5, 5.41) is 42.9. The smallest absolute Gasteiger partial charge is 0.412 e. The predicted octanol–water partition coefficient (Wildman–Crippen LogP) is 5.13. The van der Waals surface area contributed by atoms with Crippen molar-refractivity contribution in [2.45, 2.75) is 153 Å². The molecule has 452 valence electrons. The summed E-state index contributed by atoms with van der Waals surface area (Å²) < 4.78 is 29.8. The van der Waals surface area contributed by atoms with Crippen molar-refractivity contribution in [2.24, 2.45) is 17.6 Å². The highest BCUT2D eigenvalue weighted by atomic mass is 79.9. The maximum atomic E-state index is 14.5. The number of primary amides is 1. The number of aldehydes is 1. The number of epoxide rings is 1. The normalized spacial score (nSPS) is 25.9. The molecule has 0 aliphatic carbocycles. The molecule has 3 aliphatic heterocycles. The van der Waals surface area contributed by atoms with Gasteiger partial charge in [0.2, 0.25) is 30.0 Å². The van der Waals surface area contributed by atoms with Gasteiger partial charge in [-0.1, -0.05) is 78.7 Å². The largest absolute Gasteiger partial charge is 0.495 e. The highest BCUT2D eigenvalue weighted by Crippen LogP contribution is 2.49. The van der Waals surface area contributed by atoms with E-state index in [2.05, 4.69) is 59.7 Å². The zero-order chi connectivity index (χ0) is 60.6. The first-order chi connectivity index (χ1) is 38.8. The Hall–Kier alpha value is -5.96. The molecule has 25 heteroatoms. The molecule has 2 fully saturated rings. The zero-order valence-corrected chi connectivity index (χ0v) is 50.4. The van der Waals surface area contributed by atoms with Crippen molar-refractivity contribution in [1.29, 1.82) is 0 Å². The predicted molar refractivity (Wildman–Crippen MR) is 313 cm³/mol. The molecule has 23 nitrogen and oxygen atoms in total. The van der Waals surface area contributed by atoms with E-state index in [1.54, 1.807) is 72.0 Å². The van der Waals surface area contributed by atoms with E-state index in [1.165, 1.54) is 31.3 Å². The summed E-state index contributed by atoms with van der Waals surface area (Å²) in [6.07, 6.45) is 1.61. The summed E-state index contributed by atoms with van der Waals surface area (Å²) in [6, 6.07) is 4.76. The number of unbranched alkanes of at least 4 members (excludes halogenated alkanes) is 1. The topological polar surface area (TPSA) is 323 Å². The molecule has 7 amide bonds. The maximum absolute atomic E-state index is 14.5. The lowest BCUT2D eigenvalue weighted by Gasteiger charge is -2.44. The quantitative estimate of drug-likeness (QED) is 0.0227. The van der Waals surface area contributed by atoms with E-state index in [0.717, 1.165) is 17.4 Å². The van der Waals surface area contributed by atoms with Gasteiger partial charge in [0.25, 0.3) is 0 Å². The lowest BCUT2D eigenvalue weighted by Crippen LogP contribution is -2.65. The second-order valence-corrected chi connectivity index (χ2v) is 22.5. The molecule has 0 radical (unpaired) electrons. The average molecular weight is 1230 g/mol. The van der Waals surface area contributed by atoms with Crippen LogP contribution in [0.5, 0.6) is 5.75 Å². The van der Waals surface area contributed by atoms with E-state index in [-0.39, 0.29) is 54.8 Å². The van der Waals surface area contributed by atoms with Crippen LogP contribution in [0.1, 0.15) is 90.7 Å². The van der Waals surface area contributed by atoms with E-state index in [4.69, 9.17) is 41.0 Å². The van der Waals surface area contributed by atoms with Crippen LogP contribution in [0.3, 0.4) is 0 Å². The van der Waals surface area contributed by atoms with Crippen LogP contribution in [0.4, 0.5) is 26.7 Å². The number of aliphatic hydroxyl groups excluding tert-OH is 1. The summed E-state index contributed by atoms with van der Waals surface area (Å²) in [5.74, 6) is -2.41. The van der Waals surface area contributed by atoms with Gasteiger partial charge in [0.1, 0.15) is 40.9 Å². The molecule has 0 spiro atoms. The molecule has 11 N–H and O–H groups in total. The number of ether oxygens (including phenoxy) is 5. The van der Waals surface area contributed by atoms with E-state index >= 15 is 0 Å². The van der Waals surface area contributed by atoms with Crippen molar-refractivity contribution < 1.29 is 67.5 Å². The van der Waals surface area contributed by atoms with Crippen LogP contribution in [0.15, 0.2) is 66.3 Å². The maximum Gasteiger partial charge on any atom is 0.412 e. The Morgan fingerprint density at radius 3 is 2.41 bits per heavy atom. The number of nitrogens with zero attached hydrogens (tertiary/aromatic N) is 1. The van der Waals surface area contributed by atoms with Gasteiger partial charge in [-0.05, 0) is 107 Å². The van der Waals surface area contributed by atoms with Gasteiger partial charge in [-0.25, -0.2) is 14.9 Å². The summed E-state index contributed by atoms with van der Waals surface area (Å²) in [6.45, 7) is 14.9. The molecule has 2 aromatic carbocycles. The third kappa shape index (κ3) is 18.3. The van der Waals surface area contributed by atoms with Crippen molar-refractivity contribution in [3.05, 3.63) is 82.4 Å². The summed E-state index contributed by atoms with van der Waals surface area (Å²) in [7, 11) is 4.46. The first-order valence-corrected chi connectivity index (χ1v) is 28.7. The minimum Gasteiger partial charge on any atom is -0.495 e. The number of amides is 7. The number of carbonyl (C=O) groups is 7. The number of rotatable bonds is 23. The van der Waals surface area contributed by atoms with E-state index in [9.17, 15) is 43.8 Å². The lowest BCUT2D eigenvalue weighted by atomic mass is 9.83. The van der Waals surface area contributed by atoms with Crippen LogP contribution in [0, 0.1) is 18.8 Å². The lowest BCUT2D eigenvalue weighted by molar-refractivity contribution is -0.271. The summed E-state index contributed by atoms with van der Waals surface area (Å²) in [4.78, 5) is 93.5. The van der Waals surface area contributed by atoms with Gasteiger partial charge in [0, 0.05) is 61.9 Å². The number of urea groups is 1. The summed E-state index contributed by atoms with van der Waals surface area (Å²) in [5.41, 5.74) is 5.67. The zero-order valence-electron chi connectivity index (χ0n) is 48.0. The Kier molecular flexibility index (Phi) is 24.9. The fraction of sp³-hybridized carbons (Fsp3) is 0.561. The number of anilines is 3. The number of benzene rings is 2. The van der Waals surface area contributed by atoms with E-state index < -0.39 is 96.0 Å². The van der Waals surface area contributed by atoms with Crippen LogP contribution in [0.2, 0.25) is 5.02 Å². The standard InChI is InChI=1S/C57H81BrClN9O14/c1-31(2)48(63-38(30-69)16-11-12-21-61-50(71)34(5)29-58)52(73)65-40(17-14-22-62-53(60)74)51(72)64-37-19-20-39(33(4)24-37)66-54(75)81-45-27-46(70)68(8)41-25-36(26-42(78-9)47(41)59)23-32(3)15-13-18-44(79-10)57(77)28-43(80-55(76)67-57)35(6)49-56(45,7)82-49/h13,15,18-20,24-26,30-31,35,38,40,43-45,48-49,55,63,67,76-77H,5,11-12,14,16-17,21-23,27-29H2,1-4,6-10H3,(H,61,71)(H,64,72)(H,65,73)(H,66,75)(H3,60,62,74)/b18-13+,32-15+/t35-,38?,40+,43+,44-,45+,48+,49+,55?,56+,57+/m1/s1. The molecule has 2 aromatic rings. The molecule has 11 atom stereocenters. The number of alkyl halides is 1. The monoisotopic (exact) mass is 1230 g/mol. The number of fused-ring (bicyclic) bond motifs is 5. The van der Waals surface area contributed by atoms with Gasteiger partial charge in [-0.15, -0.1) is 0 Å². The van der Waals surface area contributed by atoms with E-state index in [1.807, 2.05) is 13.0 Å². The fourth-order valence-electron chi connectivity index (χ4n) is 10.0. The SMILES string of the molecule is C=C(CBr)C(=O)NCCCCC(C=O)N[C@H](C(=O)N[C@@H](CCCNC(N)=O)C(=O)Nc1ccc(NC(=O)O[C@H]2CC(=O)N(C)c3cc(cc(OC)c3Cl)C/C(C)=C/C=C/[C@@H](OC)[C@@]3(O)C[C@H](OC(O)N3)[C@@H](C)[C@@H]3O[C@@]23C)c(C)c1)C(C)C. The third-order valence-electron chi connectivity index (χ3n) is 14.8. The molecule has 0 aromatic heterocycles. The number of nitrogens with two attached hydrogens (primary N) is 1. The minimum atomic E-state index is -1.80. The number of aryl methyl sites for hydroxylation is 1. The second-order valence-electron chi connectivity index (χ2n) is 21.6. The number of halogens is 2. The van der Waals surface area contributed by atoms with Crippen molar-refractivity contribution in [2.75, 3.05) is 55.2 Å². The Bertz CT molecular complexity index is 2700. The fourth-order valence-corrected chi connectivity index (χ4v) is 10.6. The number of hydrogen-bond donors (Lipinski definition) is 10. The van der Waals surface area contributed by atoms with Crippen LogP contribution in [0.25, 0.3) is 0 Å². The van der Waals surface area contributed by atoms with Crippen LogP contribution in [-0.4, -0.2) is 152 Å². The molecule has 3 heterocycles. The van der Waals surface area contributed by atoms with Gasteiger partial charge in [-0.2, -0.15) is 0 Å². The van der Waals surface area contributed by atoms with Crippen molar-refractivity contribution >= 4 is 86.6 Å². The van der Waals surface area contributed by atoms with Crippen LogP contribution in [-0.2, 0) is 49.3 Å². The molecular formula is C57H81BrClN9O14. The van der Waals surface area contributed by atoms with Gasteiger partial charge >= 0.3 is 12.1 Å². The highest BCUT2D eigenvalue weighted by Gasteiger charge is 2.64. The Balaban J connectivity index is 1.34. The Labute approximate surface area is 492 Å².